The summed E-state index contributed by atoms with van der Waals surface area (Å²) in [5.74, 6) is 0.403. The maximum atomic E-state index is 14.0. The van der Waals surface area contributed by atoms with E-state index >= 15 is 0 Å². The van der Waals surface area contributed by atoms with Crippen molar-refractivity contribution in [2.24, 2.45) is 0 Å². The fourth-order valence-electron chi connectivity index (χ4n) is 5.40. The molecule has 6 rings (SSSR count). The standard InChI is InChI=1S/C25H24FN3/c26-22-5-1-3-16-13-18(6-7-20(16)22)23-8-9-24-25(28-23)21(15-27-24)17-10-12-29-11-2-4-19(29)14-17/h1,3,5-9,13,15,17,19,27H,2,4,10-12,14H2. The number of halogens is 1. The molecule has 2 unspecified atom stereocenters. The summed E-state index contributed by atoms with van der Waals surface area (Å²) in [6.45, 7) is 2.48. The Bertz CT molecular complexity index is 1210. The summed E-state index contributed by atoms with van der Waals surface area (Å²) < 4.78 is 14.0. The lowest BCUT2D eigenvalue weighted by molar-refractivity contribution is 0.181. The average molecular weight is 385 g/mol. The first-order valence-electron chi connectivity index (χ1n) is 10.7. The van der Waals surface area contributed by atoms with Crippen molar-refractivity contribution >= 4 is 21.8 Å². The zero-order chi connectivity index (χ0) is 19.4. The van der Waals surface area contributed by atoms with Gasteiger partial charge in [0.2, 0.25) is 0 Å². The van der Waals surface area contributed by atoms with Crippen molar-refractivity contribution in [2.75, 3.05) is 13.1 Å². The molecule has 0 saturated carbocycles. The van der Waals surface area contributed by atoms with Gasteiger partial charge in [-0.15, -0.1) is 0 Å². The van der Waals surface area contributed by atoms with Crippen molar-refractivity contribution in [1.82, 2.24) is 14.9 Å². The molecule has 2 saturated heterocycles. The van der Waals surface area contributed by atoms with Crippen LogP contribution >= 0.6 is 0 Å². The Kier molecular flexibility index (Phi) is 3.95. The minimum atomic E-state index is -0.177. The van der Waals surface area contributed by atoms with Gasteiger partial charge in [0, 0.05) is 23.2 Å². The highest BCUT2D eigenvalue weighted by Gasteiger charge is 2.33. The molecule has 3 nitrogen and oxygen atoms in total. The van der Waals surface area contributed by atoms with Crippen molar-refractivity contribution in [3.63, 3.8) is 0 Å². The third-order valence-corrected chi connectivity index (χ3v) is 6.94. The molecule has 4 heteroatoms. The second-order valence-electron chi connectivity index (χ2n) is 8.57. The van der Waals surface area contributed by atoms with Crippen LogP contribution in [0.2, 0.25) is 0 Å². The number of aromatic amines is 1. The van der Waals surface area contributed by atoms with Crippen LogP contribution in [0, 0.1) is 5.82 Å². The first-order valence-corrected chi connectivity index (χ1v) is 10.7. The van der Waals surface area contributed by atoms with Gasteiger partial charge in [-0.05, 0) is 79.9 Å². The molecule has 146 valence electrons. The number of benzene rings is 2. The first-order chi connectivity index (χ1) is 14.3. The van der Waals surface area contributed by atoms with Crippen molar-refractivity contribution in [3.8, 4) is 11.3 Å². The number of pyridine rings is 1. The zero-order valence-electron chi connectivity index (χ0n) is 16.4. The molecule has 4 aromatic rings. The van der Waals surface area contributed by atoms with Crippen LogP contribution in [-0.2, 0) is 0 Å². The number of rotatable bonds is 2. The van der Waals surface area contributed by atoms with E-state index < -0.39 is 0 Å². The summed E-state index contributed by atoms with van der Waals surface area (Å²) in [4.78, 5) is 11.2. The van der Waals surface area contributed by atoms with E-state index in [0.29, 0.717) is 11.3 Å². The van der Waals surface area contributed by atoms with Gasteiger partial charge < -0.3 is 9.88 Å². The molecule has 2 atom stereocenters. The third kappa shape index (κ3) is 2.85. The fourth-order valence-corrected chi connectivity index (χ4v) is 5.40. The zero-order valence-corrected chi connectivity index (χ0v) is 16.4. The van der Waals surface area contributed by atoms with E-state index in [4.69, 9.17) is 4.98 Å². The molecule has 29 heavy (non-hydrogen) atoms. The van der Waals surface area contributed by atoms with E-state index in [2.05, 4.69) is 28.2 Å². The van der Waals surface area contributed by atoms with Crippen LogP contribution in [0.4, 0.5) is 4.39 Å². The van der Waals surface area contributed by atoms with Gasteiger partial charge in [0.25, 0.3) is 0 Å². The molecule has 2 aliphatic rings. The number of H-pyrrole nitrogens is 1. The van der Waals surface area contributed by atoms with E-state index in [-0.39, 0.29) is 5.82 Å². The van der Waals surface area contributed by atoms with Crippen LogP contribution in [0.3, 0.4) is 0 Å². The Morgan fingerprint density at radius 2 is 2.00 bits per heavy atom. The Hall–Kier alpha value is -2.72. The Balaban J connectivity index is 1.39. The lowest BCUT2D eigenvalue weighted by atomic mass is 9.86. The van der Waals surface area contributed by atoms with E-state index in [1.165, 1.54) is 50.4 Å². The Morgan fingerprint density at radius 1 is 1.03 bits per heavy atom. The normalized spacial score (nSPS) is 22.4. The van der Waals surface area contributed by atoms with Gasteiger partial charge >= 0.3 is 0 Å². The van der Waals surface area contributed by atoms with Gasteiger partial charge in [0.1, 0.15) is 5.82 Å². The second-order valence-corrected chi connectivity index (χ2v) is 8.57. The molecular weight excluding hydrogens is 361 g/mol. The van der Waals surface area contributed by atoms with E-state index in [1.807, 2.05) is 24.3 Å². The van der Waals surface area contributed by atoms with E-state index in [1.54, 1.807) is 6.07 Å². The number of hydrogen-bond acceptors (Lipinski definition) is 2. The highest BCUT2D eigenvalue weighted by molar-refractivity contribution is 5.89. The van der Waals surface area contributed by atoms with Gasteiger partial charge in [0.05, 0.1) is 16.7 Å². The molecule has 1 N–H and O–H groups in total. The summed E-state index contributed by atoms with van der Waals surface area (Å²) in [7, 11) is 0. The largest absolute Gasteiger partial charge is 0.360 e. The molecule has 2 aromatic carbocycles. The minimum Gasteiger partial charge on any atom is -0.360 e. The number of piperidine rings is 1. The topological polar surface area (TPSA) is 31.9 Å². The van der Waals surface area contributed by atoms with Crippen LogP contribution in [-0.4, -0.2) is 34.0 Å². The molecule has 0 spiro atoms. The lowest BCUT2D eigenvalue weighted by Crippen LogP contribution is -2.37. The summed E-state index contributed by atoms with van der Waals surface area (Å²) in [6.07, 6.45) is 7.31. The van der Waals surface area contributed by atoms with Crippen LogP contribution in [0.1, 0.15) is 37.2 Å². The third-order valence-electron chi connectivity index (χ3n) is 6.94. The molecule has 0 radical (unpaired) electrons. The van der Waals surface area contributed by atoms with Crippen LogP contribution < -0.4 is 0 Å². The molecule has 0 aliphatic carbocycles. The smallest absolute Gasteiger partial charge is 0.131 e. The van der Waals surface area contributed by atoms with Crippen LogP contribution in [0.25, 0.3) is 33.1 Å². The Morgan fingerprint density at radius 3 is 2.97 bits per heavy atom. The summed E-state index contributed by atoms with van der Waals surface area (Å²) in [5, 5.41) is 1.57. The Labute approximate surface area is 169 Å². The van der Waals surface area contributed by atoms with Crippen molar-refractivity contribution in [1.29, 1.82) is 0 Å². The summed E-state index contributed by atoms with van der Waals surface area (Å²) >= 11 is 0. The average Bonchev–Trinajstić information content (AvgIpc) is 3.39. The SMILES string of the molecule is Fc1cccc2cc(-c3ccc4[nH]cc(C5CCN6CCCC6C5)c4n3)ccc12. The van der Waals surface area contributed by atoms with Gasteiger partial charge in [-0.2, -0.15) is 0 Å². The summed E-state index contributed by atoms with van der Waals surface area (Å²) in [6, 6.07) is 16.0. The number of hydrogen-bond donors (Lipinski definition) is 1. The summed E-state index contributed by atoms with van der Waals surface area (Å²) in [5.41, 5.74) is 5.54. The van der Waals surface area contributed by atoms with Gasteiger partial charge in [0.15, 0.2) is 0 Å². The number of nitrogens with zero attached hydrogens (tertiary/aromatic N) is 2. The highest BCUT2D eigenvalue weighted by Crippen LogP contribution is 2.39. The maximum Gasteiger partial charge on any atom is 0.131 e. The van der Waals surface area contributed by atoms with Crippen LogP contribution in [0.5, 0.6) is 0 Å². The molecule has 0 bridgehead atoms. The molecule has 0 amide bonds. The number of aromatic nitrogens is 2. The second kappa shape index (κ2) is 6.67. The van der Waals surface area contributed by atoms with E-state index in [0.717, 1.165) is 33.7 Å². The van der Waals surface area contributed by atoms with Gasteiger partial charge in [-0.1, -0.05) is 24.3 Å². The number of fused-ring (bicyclic) bond motifs is 3. The molecule has 2 aliphatic heterocycles. The quantitative estimate of drug-likeness (QED) is 0.468. The predicted molar refractivity (Wildman–Crippen MR) is 116 cm³/mol. The minimum absolute atomic E-state index is 0.177. The van der Waals surface area contributed by atoms with E-state index in [9.17, 15) is 4.39 Å². The molecule has 2 fully saturated rings. The van der Waals surface area contributed by atoms with Gasteiger partial charge in [-0.25, -0.2) is 9.37 Å². The van der Waals surface area contributed by atoms with Gasteiger partial charge in [-0.3, -0.25) is 0 Å². The monoisotopic (exact) mass is 385 g/mol. The molecular formula is C25H24FN3. The molecule has 4 heterocycles. The van der Waals surface area contributed by atoms with Crippen LogP contribution in [0.15, 0.2) is 54.7 Å². The lowest BCUT2D eigenvalue weighted by Gasteiger charge is -2.34. The van der Waals surface area contributed by atoms with Crippen molar-refractivity contribution in [2.45, 2.75) is 37.6 Å². The van der Waals surface area contributed by atoms with Crippen molar-refractivity contribution < 1.29 is 4.39 Å². The number of nitrogens with one attached hydrogen (secondary N) is 1. The first kappa shape index (κ1) is 17.2. The predicted octanol–water partition coefficient (Wildman–Crippen LogP) is 5.86. The fraction of sp³-hybridized carbons (Fsp3) is 0.320. The highest BCUT2D eigenvalue weighted by atomic mass is 19.1. The van der Waals surface area contributed by atoms with Crippen molar-refractivity contribution in [3.05, 3.63) is 66.1 Å². The maximum absolute atomic E-state index is 14.0. The molecule has 2 aromatic heterocycles.